The van der Waals surface area contributed by atoms with E-state index in [0.29, 0.717) is 17.2 Å². The predicted octanol–water partition coefficient (Wildman–Crippen LogP) is 4.42. The minimum absolute atomic E-state index is 0.145. The fourth-order valence-electron chi connectivity index (χ4n) is 3.98. The Hall–Kier alpha value is -2.80. The standard InChI is InChI=1S/C24H28N4O2S/c1-14(2)18-8-6-17(7-9-18)12-26-27-22(29)16(4)28-13-25-23-21(24(28)30)19-10-5-15(3)11-20(19)31-23/h6-9,12-16H,5,10-11H2,1-4H3,(H,27,29). The second-order valence-electron chi connectivity index (χ2n) is 8.72. The summed E-state index contributed by atoms with van der Waals surface area (Å²) in [5, 5.41) is 4.75. The molecule has 0 saturated carbocycles. The Labute approximate surface area is 186 Å². The van der Waals surface area contributed by atoms with Gasteiger partial charge in [0.05, 0.1) is 17.9 Å². The van der Waals surface area contributed by atoms with E-state index >= 15 is 0 Å². The maximum absolute atomic E-state index is 13.2. The van der Waals surface area contributed by atoms with Gasteiger partial charge in [0, 0.05) is 4.88 Å². The number of hydrogen-bond donors (Lipinski definition) is 1. The first-order valence-electron chi connectivity index (χ1n) is 10.8. The molecule has 4 rings (SSSR count). The first kappa shape index (κ1) is 21.4. The van der Waals surface area contributed by atoms with Crippen LogP contribution in [0.5, 0.6) is 0 Å². The third-order valence-electron chi connectivity index (χ3n) is 6.03. The van der Waals surface area contributed by atoms with Gasteiger partial charge in [-0.25, -0.2) is 10.4 Å². The number of hydrogen-bond acceptors (Lipinski definition) is 5. The number of fused-ring (bicyclic) bond motifs is 3. The Morgan fingerprint density at radius 2 is 2.03 bits per heavy atom. The molecule has 2 unspecified atom stereocenters. The van der Waals surface area contributed by atoms with E-state index < -0.39 is 6.04 Å². The molecule has 0 aliphatic heterocycles. The van der Waals surface area contributed by atoms with Gasteiger partial charge in [-0.3, -0.25) is 14.2 Å². The van der Waals surface area contributed by atoms with Crippen molar-refractivity contribution in [3.05, 3.63) is 62.5 Å². The number of hydrazone groups is 1. The monoisotopic (exact) mass is 436 g/mol. The van der Waals surface area contributed by atoms with Gasteiger partial charge in [0.25, 0.3) is 11.5 Å². The van der Waals surface area contributed by atoms with Crippen LogP contribution in [0.4, 0.5) is 0 Å². The molecule has 0 radical (unpaired) electrons. The van der Waals surface area contributed by atoms with Gasteiger partial charge in [-0.1, -0.05) is 45.0 Å². The van der Waals surface area contributed by atoms with Crippen molar-refractivity contribution >= 4 is 33.7 Å². The molecule has 6 nitrogen and oxygen atoms in total. The summed E-state index contributed by atoms with van der Waals surface area (Å²) in [6.07, 6.45) is 6.07. The van der Waals surface area contributed by atoms with Gasteiger partial charge in [-0.15, -0.1) is 11.3 Å². The van der Waals surface area contributed by atoms with Gasteiger partial charge in [-0.05, 0) is 54.7 Å². The maximum Gasteiger partial charge on any atom is 0.263 e. The SMILES string of the molecule is CC1CCc2c(sc3ncn(C(C)C(=O)NN=Cc4ccc(C(C)C)cc4)c(=O)c23)C1. The number of aryl methyl sites for hydroxylation is 1. The molecule has 1 amide bonds. The van der Waals surface area contributed by atoms with Crippen LogP contribution in [0, 0.1) is 5.92 Å². The molecule has 1 aromatic carbocycles. The molecule has 0 saturated heterocycles. The van der Waals surface area contributed by atoms with Gasteiger partial charge < -0.3 is 0 Å². The average Bonchev–Trinajstić information content (AvgIpc) is 3.12. The molecular formula is C24H28N4O2S. The van der Waals surface area contributed by atoms with Crippen LogP contribution < -0.4 is 11.0 Å². The minimum Gasteiger partial charge on any atom is -0.286 e. The van der Waals surface area contributed by atoms with Crippen molar-refractivity contribution in [2.45, 2.75) is 58.9 Å². The largest absolute Gasteiger partial charge is 0.286 e. The summed E-state index contributed by atoms with van der Waals surface area (Å²) in [6.45, 7) is 8.22. The first-order chi connectivity index (χ1) is 14.8. The molecule has 162 valence electrons. The van der Waals surface area contributed by atoms with Crippen molar-refractivity contribution in [1.82, 2.24) is 15.0 Å². The molecule has 7 heteroatoms. The van der Waals surface area contributed by atoms with Crippen LogP contribution >= 0.6 is 11.3 Å². The third-order valence-corrected chi connectivity index (χ3v) is 7.19. The zero-order valence-corrected chi connectivity index (χ0v) is 19.2. The number of nitrogens with one attached hydrogen (secondary N) is 1. The Morgan fingerprint density at radius 3 is 2.74 bits per heavy atom. The van der Waals surface area contributed by atoms with E-state index in [-0.39, 0.29) is 11.5 Å². The third kappa shape index (κ3) is 4.32. The number of amides is 1. The lowest BCUT2D eigenvalue weighted by Crippen LogP contribution is -2.34. The molecular weight excluding hydrogens is 408 g/mol. The molecule has 0 fully saturated rings. The van der Waals surface area contributed by atoms with Crippen molar-refractivity contribution in [2.24, 2.45) is 11.0 Å². The van der Waals surface area contributed by atoms with Gasteiger partial charge in [0.2, 0.25) is 0 Å². The quantitative estimate of drug-likeness (QED) is 0.475. The lowest BCUT2D eigenvalue weighted by molar-refractivity contribution is -0.123. The Kier molecular flexibility index (Phi) is 6.05. The molecule has 2 heterocycles. The van der Waals surface area contributed by atoms with Crippen LogP contribution in [-0.4, -0.2) is 21.7 Å². The van der Waals surface area contributed by atoms with Crippen molar-refractivity contribution in [1.29, 1.82) is 0 Å². The normalized spacial score (nSPS) is 17.3. The molecule has 2 aromatic heterocycles. The van der Waals surface area contributed by atoms with E-state index in [0.717, 1.165) is 35.2 Å². The fraction of sp³-hybridized carbons (Fsp3) is 0.417. The Morgan fingerprint density at radius 1 is 1.29 bits per heavy atom. The van der Waals surface area contributed by atoms with Crippen LogP contribution in [0.3, 0.4) is 0 Å². The van der Waals surface area contributed by atoms with Gasteiger partial charge in [0.15, 0.2) is 0 Å². The van der Waals surface area contributed by atoms with Gasteiger partial charge in [-0.2, -0.15) is 5.10 Å². The summed E-state index contributed by atoms with van der Waals surface area (Å²) in [4.78, 5) is 32.3. The van der Waals surface area contributed by atoms with E-state index in [1.54, 1.807) is 24.5 Å². The zero-order chi connectivity index (χ0) is 22.1. The summed E-state index contributed by atoms with van der Waals surface area (Å²) >= 11 is 1.61. The number of aromatic nitrogens is 2. The Bertz CT molecular complexity index is 1190. The molecule has 3 aromatic rings. The number of carbonyl (C=O) groups excluding carboxylic acids is 1. The molecule has 31 heavy (non-hydrogen) atoms. The summed E-state index contributed by atoms with van der Waals surface area (Å²) in [7, 11) is 0. The first-order valence-corrected chi connectivity index (χ1v) is 11.6. The maximum atomic E-state index is 13.2. The van der Waals surface area contributed by atoms with Crippen molar-refractivity contribution in [2.75, 3.05) is 0 Å². The zero-order valence-electron chi connectivity index (χ0n) is 18.4. The number of benzene rings is 1. The molecule has 0 spiro atoms. The number of carbonyl (C=O) groups is 1. The molecule has 1 aliphatic carbocycles. The van der Waals surface area contributed by atoms with Crippen LogP contribution in [0.1, 0.15) is 67.6 Å². The minimum atomic E-state index is -0.706. The second-order valence-corrected chi connectivity index (χ2v) is 9.80. The van der Waals surface area contributed by atoms with Crippen LogP contribution in [-0.2, 0) is 17.6 Å². The molecule has 1 aliphatic rings. The van der Waals surface area contributed by atoms with E-state index in [9.17, 15) is 9.59 Å². The Balaban J connectivity index is 1.51. The summed E-state index contributed by atoms with van der Waals surface area (Å²) < 4.78 is 1.41. The smallest absolute Gasteiger partial charge is 0.263 e. The summed E-state index contributed by atoms with van der Waals surface area (Å²) in [5.41, 5.74) is 5.68. The van der Waals surface area contributed by atoms with E-state index in [1.165, 1.54) is 21.3 Å². The molecule has 0 bridgehead atoms. The predicted molar refractivity (Wildman–Crippen MR) is 126 cm³/mol. The van der Waals surface area contributed by atoms with Crippen LogP contribution in [0.2, 0.25) is 0 Å². The van der Waals surface area contributed by atoms with E-state index in [1.807, 2.05) is 12.1 Å². The van der Waals surface area contributed by atoms with Gasteiger partial charge >= 0.3 is 0 Å². The van der Waals surface area contributed by atoms with Crippen molar-refractivity contribution in [3.8, 4) is 0 Å². The van der Waals surface area contributed by atoms with Crippen LogP contribution in [0.15, 0.2) is 40.5 Å². The van der Waals surface area contributed by atoms with Gasteiger partial charge in [0.1, 0.15) is 10.9 Å². The lowest BCUT2D eigenvalue weighted by Gasteiger charge is -2.18. The molecule has 2 atom stereocenters. The highest BCUT2D eigenvalue weighted by Crippen LogP contribution is 2.35. The molecule has 1 N–H and O–H groups in total. The van der Waals surface area contributed by atoms with E-state index in [4.69, 9.17) is 0 Å². The number of nitrogens with zero attached hydrogens (tertiary/aromatic N) is 3. The van der Waals surface area contributed by atoms with E-state index in [2.05, 4.69) is 48.4 Å². The van der Waals surface area contributed by atoms with Crippen LogP contribution in [0.25, 0.3) is 10.2 Å². The summed E-state index contributed by atoms with van der Waals surface area (Å²) in [5.74, 6) is 0.746. The fourth-order valence-corrected chi connectivity index (χ4v) is 5.32. The lowest BCUT2D eigenvalue weighted by atomic mass is 9.89. The highest BCUT2D eigenvalue weighted by Gasteiger charge is 2.25. The number of rotatable bonds is 5. The summed E-state index contributed by atoms with van der Waals surface area (Å²) in [6, 6.07) is 7.34. The highest BCUT2D eigenvalue weighted by molar-refractivity contribution is 7.18. The average molecular weight is 437 g/mol. The highest BCUT2D eigenvalue weighted by atomic mass is 32.1. The topological polar surface area (TPSA) is 76.3 Å². The second kappa shape index (κ2) is 8.75. The van der Waals surface area contributed by atoms with Crippen molar-refractivity contribution < 1.29 is 4.79 Å². The van der Waals surface area contributed by atoms with Crippen molar-refractivity contribution in [3.63, 3.8) is 0 Å². The number of thiophene rings is 1.